The molecule has 1 unspecified atom stereocenters. The Kier molecular flexibility index (Phi) is 7.18. The van der Waals surface area contributed by atoms with Gasteiger partial charge >= 0.3 is 0 Å². The van der Waals surface area contributed by atoms with Gasteiger partial charge in [-0.3, -0.25) is 9.00 Å². The van der Waals surface area contributed by atoms with E-state index in [1.807, 2.05) is 54.6 Å². The van der Waals surface area contributed by atoms with Crippen LogP contribution in [-0.2, 0) is 21.3 Å². The van der Waals surface area contributed by atoms with Crippen LogP contribution in [0.25, 0.3) is 0 Å². The van der Waals surface area contributed by atoms with Gasteiger partial charge in [-0.15, -0.1) is 11.8 Å². The first-order valence-electron chi connectivity index (χ1n) is 8.73. The number of amides is 1. The molecule has 0 aliphatic carbocycles. The molecule has 0 bridgehead atoms. The number of para-hydroxylation sites is 2. The Bertz CT molecular complexity index is 785. The van der Waals surface area contributed by atoms with Crippen molar-refractivity contribution < 1.29 is 18.5 Å². The number of hydrogen-bond acceptors (Lipinski definition) is 5. The molecule has 1 aliphatic heterocycles. The number of benzene rings is 2. The Morgan fingerprint density at radius 2 is 1.85 bits per heavy atom. The van der Waals surface area contributed by atoms with Crippen molar-refractivity contribution in [2.24, 2.45) is 0 Å². The number of rotatable bonds is 8. The van der Waals surface area contributed by atoms with Gasteiger partial charge in [-0.05, 0) is 17.7 Å². The van der Waals surface area contributed by atoms with Crippen LogP contribution in [0.4, 0.5) is 0 Å². The highest BCUT2D eigenvalue weighted by Crippen LogP contribution is 2.29. The third kappa shape index (κ3) is 5.49. The molecule has 0 saturated carbocycles. The summed E-state index contributed by atoms with van der Waals surface area (Å²) in [5.74, 6) is 2.55. The lowest BCUT2D eigenvalue weighted by atomic mass is 10.2. The first-order chi connectivity index (χ1) is 13.2. The quantitative estimate of drug-likeness (QED) is 0.676. The highest BCUT2D eigenvalue weighted by Gasteiger charge is 2.30. The number of carbonyl (C=O) groups excluding carboxylic acids is 1. The molecule has 0 N–H and O–H groups in total. The van der Waals surface area contributed by atoms with E-state index in [4.69, 9.17) is 9.47 Å². The predicted molar refractivity (Wildman–Crippen MR) is 110 cm³/mol. The maximum atomic E-state index is 12.6. The molecule has 2 aromatic rings. The van der Waals surface area contributed by atoms with Crippen molar-refractivity contribution in [1.29, 1.82) is 0 Å². The number of ether oxygens (including phenoxy) is 2. The summed E-state index contributed by atoms with van der Waals surface area (Å²) in [5.41, 5.74) is 0.982. The Labute approximate surface area is 166 Å². The second-order valence-electron chi connectivity index (χ2n) is 6.09. The molecule has 2 atom stereocenters. The maximum Gasteiger partial charge on any atom is 0.236 e. The zero-order valence-electron chi connectivity index (χ0n) is 15.2. The molecule has 144 valence electrons. The molecule has 1 fully saturated rings. The molecule has 0 aromatic heterocycles. The monoisotopic (exact) mass is 405 g/mol. The molecule has 0 radical (unpaired) electrons. The van der Waals surface area contributed by atoms with E-state index in [2.05, 4.69) is 0 Å². The van der Waals surface area contributed by atoms with Gasteiger partial charge in [-0.1, -0.05) is 42.5 Å². The van der Waals surface area contributed by atoms with Gasteiger partial charge in [0, 0.05) is 28.9 Å². The minimum absolute atomic E-state index is 0.0423. The topological polar surface area (TPSA) is 55.8 Å². The Hall–Kier alpha value is -1.99. The normalized spacial score (nSPS) is 17.5. The number of hydrogen-bond donors (Lipinski definition) is 0. The highest BCUT2D eigenvalue weighted by molar-refractivity contribution is 8.00. The lowest BCUT2D eigenvalue weighted by Crippen LogP contribution is -2.40. The van der Waals surface area contributed by atoms with Gasteiger partial charge < -0.3 is 14.4 Å². The molecule has 7 heteroatoms. The summed E-state index contributed by atoms with van der Waals surface area (Å²) in [5, 5.41) is -0.0730. The lowest BCUT2D eigenvalue weighted by Gasteiger charge is -2.24. The largest absolute Gasteiger partial charge is 0.493 e. The van der Waals surface area contributed by atoms with Gasteiger partial charge in [-0.25, -0.2) is 0 Å². The Morgan fingerprint density at radius 3 is 2.59 bits per heavy atom. The summed E-state index contributed by atoms with van der Waals surface area (Å²) < 4.78 is 23.5. The van der Waals surface area contributed by atoms with Crippen molar-refractivity contribution in [3.05, 3.63) is 60.2 Å². The molecule has 27 heavy (non-hydrogen) atoms. The molecule has 2 aromatic carbocycles. The number of methoxy groups -OCH3 is 1. The van der Waals surface area contributed by atoms with Crippen molar-refractivity contribution >= 4 is 28.5 Å². The van der Waals surface area contributed by atoms with Crippen molar-refractivity contribution in [2.45, 2.75) is 11.1 Å². The van der Waals surface area contributed by atoms with Crippen LogP contribution in [0.5, 0.6) is 11.5 Å². The van der Waals surface area contributed by atoms with Crippen molar-refractivity contribution in [3.63, 3.8) is 0 Å². The van der Waals surface area contributed by atoms with Crippen molar-refractivity contribution in [1.82, 2.24) is 4.90 Å². The smallest absolute Gasteiger partial charge is 0.236 e. The zero-order chi connectivity index (χ0) is 19.1. The second-order valence-corrected chi connectivity index (χ2v) is 8.83. The highest BCUT2D eigenvalue weighted by atomic mass is 32.2. The van der Waals surface area contributed by atoms with E-state index in [1.165, 1.54) is 0 Å². The summed E-state index contributed by atoms with van der Waals surface area (Å²) >= 11 is 1.68. The fourth-order valence-electron chi connectivity index (χ4n) is 2.88. The van der Waals surface area contributed by atoms with E-state index in [-0.39, 0.29) is 17.0 Å². The van der Waals surface area contributed by atoms with E-state index >= 15 is 0 Å². The van der Waals surface area contributed by atoms with Gasteiger partial charge in [-0.2, -0.15) is 0 Å². The molecule has 1 saturated heterocycles. The predicted octanol–water partition coefficient (Wildman–Crippen LogP) is 2.92. The van der Waals surface area contributed by atoms with Crippen LogP contribution in [0.2, 0.25) is 0 Å². The fraction of sp³-hybridized carbons (Fsp3) is 0.350. The average Bonchev–Trinajstić information content (AvgIpc) is 3.16. The Morgan fingerprint density at radius 1 is 1.15 bits per heavy atom. The minimum atomic E-state index is -1.22. The summed E-state index contributed by atoms with van der Waals surface area (Å²) in [6.45, 7) is 1.04. The number of nitrogens with zero attached hydrogens (tertiary/aromatic N) is 1. The zero-order valence-corrected chi connectivity index (χ0v) is 16.8. The minimum Gasteiger partial charge on any atom is -0.493 e. The molecule has 1 amide bonds. The van der Waals surface area contributed by atoms with Crippen LogP contribution in [0.1, 0.15) is 5.56 Å². The molecule has 1 heterocycles. The van der Waals surface area contributed by atoms with E-state index in [9.17, 15) is 9.00 Å². The van der Waals surface area contributed by atoms with E-state index in [0.29, 0.717) is 30.4 Å². The Balaban J connectivity index is 1.54. The lowest BCUT2D eigenvalue weighted by molar-refractivity contribution is -0.128. The summed E-state index contributed by atoms with van der Waals surface area (Å²) in [6.07, 6.45) is 0. The van der Waals surface area contributed by atoms with Crippen LogP contribution in [0.3, 0.4) is 0 Å². The van der Waals surface area contributed by atoms with Crippen LogP contribution in [0.15, 0.2) is 54.6 Å². The van der Waals surface area contributed by atoms with Crippen LogP contribution in [-0.4, -0.2) is 52.2 Å². The SMILES string of the molecule is COc1ccccc1OC[C@@H]1SCCN1C(=O)CS(=O)Cc1ccccc1. The third-order valence-corrected chi connectivity index (χ3v) is 6.63. The standard InChI is InChI=1S/C20H23NO4S2/c1-24-17-9-5-6-10-18(17)25-13-20-21(11-12-26-20)19(22)15-27(23)14-16-7-3-2-4-8-16/h2-10,20H,11-15H2,1H3/t20-,27?/m0/s1. The summed E-state index contributed by atoms with van der Waals surface area (Å²) in [7, 11) is 0.383. The van der Waals surface area contributed by atoms with Crippen LogP contribution >= 0.6 is 11.8 Å². The number of thioether (sulfide) groups is 1. The average molecular weight is 406 g/mol. The molecular weight excluding hydrogens is 382 g/mol. The maximum absolute atomic E-state index is 12.6. The second kappa shape index (κ2) is 9.80. The first-order valence-corrected chi connectivity index (χ1v) is 11.3. The summed E-state index contributed by atoms with van der Waals surface area (Å²) in [6, 6.07) is 17.1. The van der Waals surface area contributed by atoms with Gasteiger partial charge in [0.25, 0.3) is 0 Å². The van der Waals surface area contributed by atoms with E-state index in [1.54, 1.807) is 23.8 Å². The summed E-state index contributed by atoms with van der Waals surface area (Å²) in [4.78, 5) is 14.4. The van der Waals surface area contributed by atoms with E-state index < -0.39 is 10.8 Å². The molecule has 5 nitrogen and oxygen atoms in total. The van der Waals surface area contributed by atoms with Crippen molar-refractivity contribution in [3.8, 4) is 11.5 Å². The van der Waals surface area contributed by atoms with Crippen LogP contribution in [0, 0.1) is 0 Å². The molecule has 3 rings (SSSR count). The van der Waals surface area contributed by atoms with Crippen LogP contribution < -0.4 is 9.47 Å². The van der Waals surface area contributed by atoms with Gasteiger partial charge in [0.05, 0.1) is 7.11 Å². The van der Waals surface area contributed by atoms with Gasteiger partial charge in [0.15, 0.2) is 11.5 Å². The molecule has 0 spiro atoms. The molecule has 1 aliphatic rings. The number of carbonyl (C=O) groups is 1. The van der Waals surface area contributed by atoms with Crippen molar-refractivity contribution in [2.75, 3.05) is 31.8 Å². The molecular formula is C20H23NO4S2. The fourth-order valence-corrected chi connectivity index (χ4v) is 5.12. The van der Waals surface area contributed by atoms with Gasteiger partial charge in [0.2, 0.25) is 5.91 Å². The third-order valence-electron chi connectivity index (χ3n) is 4.22. The van der Waals surface area contributed by atoms with E-state index in [0.717, 1.165) is 11.3 Å². The van der Waals surface area contributed by atoms with Gasteiger partial charge in [0.1, 0.15) is 17.7 Å². The first kappa shape index (κ1) is 19.8.